The molecular formula is C24H14F2I2N2O4. The third-order valence-corrected chi connectivity index (χ3v) is 6.40. The Labute approximate surface area is 220 Å². The zero-order valence-corrected chi connectivity index (χ0v) is 21.5. The number of anilines is 1. The summed E-state index contributed by atoms with van der Waals surface area (Å²) in [7, 11) is 0. The maximum atomic E-state index is 13.6. The number of ether oxygens (including phenoxy) is 1. The Bertz CT molecular complexity index is 1320. The van der Waals surface area contributed by atoms with Crippen molar-refractivity contribution in [2.45, 2.75) is 6.61 Å². The third-order valence-electron chi connectivity index (χ3n) is 4.80. The molecular weight excluding hydrogens is 672 g/mol. The van der Waals surface area contributed by atoms with Crippen LogP contribution in [0.3, 0.4) is 0 Å². The molecule has 1 aliphatic heterocycles. The van der Waals surface area contributed by atoms with Gasteiger partial charge in [-0.3, -0.25) is 14.9 Å². The number of carbonyl (C=O) groups excluding carboxylic acids is 3. The zero-order valence-electron chi connectivity index (χ0n) is 17.2. The minimum Gasteiger partial charge on any atom is -0.487 e. The Balaban J connectivity index is 1.60. The maximum absolute atomic E-state index is 13.6. The lowest BCUT2D eigenvalue weighted by Gasteiger charge is -2.26. The van der Waals surface area contributed by atoms with Gasteiger partial charge in [0, 0.05) is 0 Å². The van der Waals surface area contributed by atoms with Crippen LogP contribution in [0.15, 0.2) is 66.2 Å². The molecule has 3 aromatic carbocycles. The first kappa shape index (κ1) is 24.3. The normalized spacial score (nSPS) is 15.0. The first-order valence-corrected chi connectivity index (χ1v) is 11.9. The second-order valence-electron chi connectivity index (χ2n) is 7.17. The number of nitrogens with zero attached hydrogens (tertiary/aromatic N) is 1. The summed E-state index contributed by atoms with van der Waals surface area (Å²) >= 11 is 4.15. The number of benzene rings is 3. The molecule has 1 aliphatic rings. The zero-order chi connectivity index (χ0) is 24.4. The third kappa shape index (κ3) is 5.27. The first-order valence-electron chi connectivity index (χ1n) is 9.76. The summed E-state index contributed by atoms with van der Waals surface area (Å²) in [5.41, 5.74) is 1.07. The summed E-state index contributed by atoms with van der Waals surface area (Å²) in [5.74, 6) is -2.06. The second kappa shape index (κ2) is 10.2. The van der Waals surface area contributed by atoms with Gasteiger partial charge in [0.2, 0.25) is 0 Å². The molecule has 0 aliphatic carbocycles. The monoisotopic (exact) mass is 686 g/mol. The van der Waals surface area contributed by atoms with Gasteiger partial charge in [0.1, 0.15) is 29.6 Å². The van der Waals surface area contributed by atoms with Gasteiger partial charge in [-0.15, -0.1) is 0 Å². The fourth-order valence-electron chi connectivity index (χ4n) is 3.21. The highest BCUT2D eigenvalue weighted by Gasteiger charge is 2.37. The van der Waals surface area contributed by atoms with Crippen LogP contribution in [0.25, 0.3) is 6.08 Å². The summed E-state index contributed by atoms with van der Waals surface area (Å²) in [6.45, 7) is 0.234. The van der Waals surface area contributed by atoms with Gasteiger partial charge in [0.25, 0.3) is 11.8 Å². The van der Waals surface area contributed by atoms with Crippen LogP contribution in [0.2, 0.25) is 0 Å². The number of rotatable bonds is 5. The Kier molecular flexibility index (Phi) is 7.26. The van der Waals surface area contributed by atoms with Crippen molar-refractivity contribution >= 4 is 74.8 Å². The predicted octanol–water partition coefficient (Wildman–Crippen LogP) is 5.42. The lowest BCUT2D eigenvalue weighted by molar-refractivity contribution is -0.122. The summed E-state index contributed by atoms with van der Waals surface area (Å²) in [5, 5.41) is 2.11. The van der Waals surface area contributed by atoms with E-state index in [0.29, 0.717) is 16.2 Å². The van der Waals surface area contributed by atoms with Crippen LogP contribution in [0.4, 0.5) is 19.3 Å². The summed E-state index contributed by atoms with van der Waals surface area (Å²) in [6, 6.07) is 13.4. The molecule has 0 spiro atoms. The fraction of sp³-hybridized carbons (Fsp3) is 0.0417. The highest BCUT2D eigenvalue weighted by molar-refractivity contribution is 14.1. The molecule has 0 unspecified atom stereocenters. The molecule has 1 heterocycles. The van der Waals surface area contributed by atoms with Crippen LogP contribution >= 0.6 is 45.2 Å². The molecule has 0 radical (unpaired) electrons. The standard InChI is InChI=1S/C24H14F2I2N2O4/c25-15-6-4-13(5-7-15)12-34-21-19(27)9-14(10-20(21)28)8-18-22(31)29-24(33)30(23(18)32)17-3-1-2-16(26)11-17/h1-11H,12H2,(H,29,31,33)/b18-8+. The molecule has 1 saturated heterocycles. The van der Waals surface area contributed by atoms with E-state index in [1.807, 2.05) is 0 Å². The smallest absolute Gasteiger partial charge is 0.335 e. The topological polar surface area (TPSA) is 75.7 Å². The van der Waals surface area contributed by atoms with Crippen LogP contribution in [0.1, 0.15) is 11.1 Å². The molecule has 0 atom stereocenters. The molecule has 34 heavy (non-hydrogen) atoms. The number of halogens is 4. The van der Waals surface area contributed by atoms with Gasteiger partial charge in [-0.25, -0.2) is 18.5 Å². The molecule has 172 valence electrons. The van der Waals surface area contributed by atoms with Crippen LogP contribution < -0.4 is 15.0 Å². The summed E-state index contributed by atoms with van der Waals surface area (Å²) in [6.07, 6.45) is 1.37. The Morgan fingerprint density at radius 2 is 1.59 bits per heavy atom. The number of amides is 4. The van der Waals surface area contributed by atoms with Crippen molar-refractivity contribution < 1.29 is 27.9 Å². The SMILES string of the molecule is O=C1NC(=O)N(c2cccc(F)c2)C(=O)/C1=C/c1cc(I)c(OCc2ccc(F)cc2)c(I)c1. The number of nitrogens with one attached hydrogen (secondary N) is 1. The van der Waals surface area contributed by atoms with E-state index in [-0.39, 0.29) is 23.7 Å². The largest absolute Gasteiger partial charge is 0.487 e. The van der Waals surface area contributed by atoms with Crippen LogP contribution in [-0.2, 0) is 16.2 Å². The molecule has 0 aromatic heterocycles. The number of urea groups is 1. The van der Waals surface area contributed by atoms with Crippen molar-refractivity contribution in [3.8, 4) is 5.75 Å². The van der Waals surface area contributed by atoms with E-state index < -0.39 is 23.7 Å². The van der Waals surface area contributed by atoms with Gasteiger partial charge in [-0.1, -0.05) is 18.2 Å². The molecule has 1 N–H and O–H groups in total. The molecule has 0 saturated carbocycles. The highest BCUT2D eigenvalue weighted by atomic mass is 127. The quantitative estimate of drug-likeness (QED) is 0.221. The van der Waals surface area contributed by atoms with Gasteiger partial charge in [0.05, 0.1) is 12.8 Å². The summed E-state index contributed by atoms with van der Waals surface area (Å²) < 4.78 is 34.1. The van der Waals surface area contributed by atoms with Crippen molar-refractivity contribution in [3.63, 3.8) is 0 Å². The molecule has 1 fully saturated rings. The van der Waals surface area contributed by atoms with Crippen molar-refractivity contribution in [2.24, 2.45) is 0 Å². The molecule has 4 amide bonds. The average molecular weight is 686 g/mol. The van der Waals surface area contributed by atoms with E-state index in [1.165, 1.54) is 36.4 Å². The highest BCUT2D eigenvalue weighted by Crippen LogP contribution is 2.31. The number of barbiturate groups is 1. The summed E-state index contributed by atoms with van der Waals surface area (Å²) in [4.78, 5) is 38.4. The molecule has 6 nitrogen and oxygen atoms in total. The Hall–Kier alpha value is -2.87. The lowest BCUT2D eigenvalue weighted by atomic mass is 10.1. The van der Waals surface area contributed by atoms with E-state index >= 15 is 0 Å². The predicted molar refractivity (Wildman–Crippen MR) is 138 cm³/mol. The Morgan fingerprint density at radius 3 is 2.24 bits per heavy atom. The van der Waals surface area contributed by atoms with E-state index in [2.05, 4.69) is 50.5 Å². The van der Waals surface area contributed by atoms with Crippen molar-refractivity contribution in [1.29, 1.82) is 0 Å². The molecule has 10 heteroatoms. The molecule has 0 bridgehead atoms. The number of imide groups is 2. The van der Waals surface area contributed by atoms with Crippen LogP contribution in [0.5, 0.6) is 5.75 Å². The van der Waals surface area contributed by atoms with Crippen LogP contribution in [0, 0.1) is 18.8 Å². The van der Waals surface area contributed by atoms with Crippen molar-refractivity contribution in [2.75, 3.05) is 4.90 Å². The van der Waals surface area contributed by atoms with Gasteiger partial charge < -0.3 is 4.74 Å². The molecule has 3 aromatic rings. The maximum Gasteiger partial charge on any atom is 0.335 e. The van der Waals surface area contributed by atoms with Gasteiger partial charge in [-0.2, -0.15) is 0 Å². The van der Waals surface area contributed by atoms with Gasteiger partial charge >= 0.3 is 6.03 Å². The minimum atomic E-state index is -0.952. The average Bonchev–Trinajstić information content (AvgIpc) is 2.77. The number of carbonyl (C=O) groups is 3. The van der Waals surface area contributed by atoms with Gasteiger partial charge in [0.15, 0.2) is 0 Å². The van der Waals surface area contributed by atoms with E-state index in [4.69, 9.17) is 4.74 Å². The van der Waals surface area contributed by atoms with Gasteiger partial charge in [-0.05, 0) is 105 Å². The first-order chi connectivity index (χ1) is 16.2. The minimum absolute atomic E-state index is 0.00889. The number of hydrogen-bond donors (Lipinski definition) is 1. The molecule has 4 rings (SSSR count). The number of hydrogen-bond acceptors (Lipinski definition) is 4. The van der Waals surface area contributed by atoms with Crippen molar-refractivity contribution in [1.82, 2.24) is 5.32 Å². The Morgan fingerprint density at radius 1 is 0.912 bits per heavy atom. The van der Waals surface area contributed by atoms with Crippen molar-refractivity contribution in [3.05, 3.63) is 96.1 Å². The van der Waals surface area contributed by atoms with E-state index in [0.717, 1.165) is 18.8 Å². The second-order valence-corrected chi connectivity index (χ2v) is 9.49. The fourth-order valence-corrected chi connectivity index (χ4v) is 5.34. The lowest BCUT2D eigenvalue weighted by Crippen LogP contribution is -2.54. The van der Waals surface area contributed by atoms with E-state index in [1.54, 1.807) is 24.3 Å². The van der Waals surface area contributed by atoms with E-state index in [9.17, 15) is 23.2 Å². The van der Waals surface area contributed by atoms with Crippen LogP contribution in [-0.4, -0.2) is 17.8 Å².